The molecule has 1 aromatic heterocycles. The molecule has 11 nitrogen and oxygen atoms in total. The molecule has 0 aliphatic heterocycles. The average Bonchev–Trinajstić information content (AvgIpc) is 2.81. The monoisotopic (exact) mass is 492 g/mol. The molecule has 4 atom stereocenters. The fourth-order valence-electron chi connectivity index (χ4n) is 5.93. The van der Waals surface area contributed by atoms with Gasteiger partial charge < -0.3 is 26.2 Å². The van der Waals surface area contributed by atoms with Gasteiger partial charge in [-0.3, -0.25) is 29.3 Å². The molecule has 0 bridgehead atoms. The number of carbonyl (C=O) groups excluding carboxylic acids is 3. The first kappa shape index (κ1) is 23.6. The van der Waals surface area contributed by atoms with Crippen LogP contribution in [0.3, 0.4) is 0 Å². The largest absolute Gasteiger partial charge is 0.510 e. The normalized spacial score (nSPS) is 27.6. The molecule has 3 aliphatic carbocycles. The Morgan fingerprint density at radius 3 is 2.50 bits per heavy atom. The molecule has 0 saturated heterocycles. The zero-order valence-electron chi connectivity index (χ0n) is 19.5. The zero-order valence-corrected chi connectivity index (χ0v) is 19.5. The third-order valence-corrected chi connectivity index (χ3v) is 7.45. The van der Waals surface area contributed by atoms with Crippen molar-refractivity contribution < 1.29 is 34.8 Å². The number of Topliss-reactive ketones (excluding diaryl/α,β-unsaturated/α-hetero) is 2. The number of allylic oxidation sites excluding steroid dienone is 1. The van der Waals surface area contributed by atoms with Crippen LogP contribution in [0, 0.1) is 11.8 Å². The van der Waals surface area contributed by atoms with Crippen molar-refractivity contribution in [1.82, 2.24) is 14.9 Å². The number of likely N-dealkylation sites (N-methyl/N-ethyl adjacent to an activating group) is 1. The fourth-order valence-corrected chi connectivity index (χ4v) is 5.93. The van der Waals surface area contributed by atoms with Gasteiger partial charge in [0.25, 0.3) is 5.91 Å². The minimum atomic E-state index is -2.66. The van der Waals surface area contributed by atoms with Crippen molar-refractivity contribution in [2.75, 3.05) is 14.1 Å². The van der Waals surface area contributed by atoms with Crippen LogP contribution in [-0.4, -0.2) is 78.5 Å². The minimum absolute atomic E-state index is 0.0152. The quantitative estimate of drug-likeness (QED) is 0.379. The summed E-state index contributed by atoms with van der Waals surface area (Å²) in [6.45, 7) is 0. The van der Waals surface area contributed by atoms with Crippen molar-refractivity contribution >= 4 is 17.5 Å². The van der Waals surface area contributed by atoms with Crippen LogP contribution in [0.1, 0.15) is 22.3 Å². The number of aliphatic hydroxyl groups is 3. The maximum absolute atomic E-state index is 13.7. The molecule has 186 valence electrons. The molecule has 2 aromatic rings. The minimum Gasteiger partial charge on any atom is -0.510 e. The zero-order chi connectivity index (χ0) is 26.1. The van der Waals surface area contributed by atoms with Crippen molar-refractivity contribution in [2.24, 2.45) is 17.6 Å². The Morgan fingerprint density at radius 2 is 1.89 bits per heavy atom. The fraction of sp³-hybridized carbons (Fsp3) is 0.320. The molecule has 0 fully saturated rings. The Hall–Kier alpha value is -4.09. The van der Waals surface area contributed by atoms with Crippen LogP contribution in [-0.2, 0) is 16.0 Å². The number of carbonyl (C=O) groups is 3. The highest BCUT2D eigenvalue weighted by atomic mass is 16.3. The first-order chi connectivity index (χ1) is 17.0. The maximum Gasteiger partial charge on any atom is 0.255 e. The highest BCUT2D eigenvalue weighted by Gasteiger charge is 2.63. The van der Waals surface area contributed by atoms with Gasteiger partial charge in [-0.25, -0.2) is 0 Å². The van der Waals surface area contributed by atoms with E-state index in [1.54, 1.807) is 20.2 Å². The van der Waals surface area contributed by atoms with E-state index in [2.05, 4.69) is 9.97 Å². The molecule has 1 amide bonds. The molecule has 0 radical (unpaired) electrons. The van der Waals surface area contributed by atoms with Crippen LogP contribution in [0.15, 0.2) is 53.4 Å². The van der Waals surface area contributed by atoms with Gasteiger partial charge in [0.15, 0.2) is 11.4 Å². The highest BCUT2D eigenvalue weighted by Crippen LogP contribution is 2.52. The van der Waals surface area contributed by atoms with Gasteiger partial charge in [0, 0.05) is 29.4 Å². The number of fused-ring (bicyclic) bond motifs is 3. The van der Waals surface area contributed by atoms with Crippen LogP contribution in [0.2, 0.25) is 0 Å². The highest BCUT2D eigenvalue weighted by molar-refractivity contribution is 6.24. The van der Waals surface area contributed by atoms with Gasteiger partial charge in [-0.1, -0.05) is 0 Å². The summed E-state index contributed by atoms with van der Waals surface area (Å²) in [5.41, 5.74) is 3.11. The number of aromatic nitrogens is 2. The van der Waals surface area contributed by atoms with Crippen LogP contribution >= 0.6 is 0 Å². The van der Waals surface area contributed by atoms with E-state index < -0.39 is 58.0 Å². The van der Waals surface area contributed by atoms with E-state index in [1.165, 1.54) is 29.6 Å². The lowest BCUT2D eigenvalue weighted by Crippen LogP contribution is -2.63. The van der Waals surface area contributed by atoms with E-state index in [4.69, 9.17) is 5.73 Å². The van der Waals surface area contributed by atoms with Gasteiger partial charge in [-0.2, -0.15) is 0 Å². The number of amides is 1. The lowest BCUT2D eigenvalue weighted by atomic mass is 9.58. The third-order valence-electron chi connectivity index (χ3n) is 7.45. The van der Waals surface area contributed by atoms with Crippen LogP contribution in [0.4, 0.5) is 0 Å². The molecule has 36 heavy (non-hydrogen) atoms. The summed E-state index contributed by atoms with van der Waals surface area (Å²) in [5, 5.41) is 44.3. The first-order valence-electron chi connectivity index (χ1n) is 11.3. The summed E-state index contributed by atoms with van der Waals surface area (Å²) in [4.78, 5) is 48.9. The molecule has 0 saturated carbocycles. The molecular weight excluding hydrogens is 468 g/mol. The van der Waals surface area contributed by atoms with E-state index in [1.807, 2.05) is 0 Å². The maximum atomic E-state index is 13.7. The van der Waals surface area contributed by atoms with Gasteiger partial charge in [-0.15, -0.1) is 0 Å². The summed E-state index contributed by atoms with van der Waals surface area (Å²) in [5.74, 6) is -6.85. The number of phenols is 1. The second-order valence-electron chi connectivity index (χ2n) is 9.54. The molecule has 1 aromatic carbocycles. The standard InChI is InChI=1S/C25H24N4O7/c1-29(2)19-13-8-10-7-12-11(14-9-27-5-6-28-14)3-4-15(30)17(12)20(31)16(10)22(33)25(13,36)23(34)18(21(19)32)24(26)35/h3-6,9-10,13,19,30,32-33,36H,7-8H2,1-2H3,(H2,26,35)/t10-,13-,19?,25-/m0/s1. The number of aliphatic hydroxyl groups excluding tert-OH is 2. The number of hydrogen-bond acceptors (Lipinski definition) is 10. The Balaban J connectivity index is 1.73. The molecule has 1 unspecified atom stereocenters. The van der Waals surface area contributed by atoms with E-state index in [9.17, 15) is 34.8 Å². The van der Waals surface area contributed by atoms with Crippen molar-refractivity contribution in [3.05, 3.63) is 64.5 Å². The molecule has 6 N–H and O–H groups in total. The van der Waals surface area contributed by atoms with Crippen molar-refractivity contribution in [1.29, 1.82) is 0 Å². The van der Waals surface area contributed by atoms with E-state index in [0.29, 0.717) is 16.8 Å². The van der Waals surface area contributed by atoms with Gasteiger partial charge in [0.2, 0.25) is 5.78 Å². The number of nitrogens with two attached hydrogens (primary N) is 1. The smallest absolute Gasteiger partial charge is 0.255 e. The summed E-state index contributed by atoms with van der Waals surface area (Å²) >= 11 is 0. The Morgan fingerprint density at radius 1 is 1.17 bits per heavy atom. The lowest BCUT2D eigenvalue weighted by Gasteiger charge is -2.50. The number of hydrogen-bond donors (Lipinski definition) is 5. The van der Waals surface area contributed by atoms with Gasteiger partial charge in [0.1, 0.15) is 22.8 Å². The van der Waals surface area contributed by atoms with Crippen LogP contribution in [0.5, 0.6) is 5.75 Å². The predicted molar refractivity (Wildman–Crippen MR) is 125 cm³/mol. The topological polar surface area (TPSA) is 187 Å². The SMILES string of the molecule is CN(C)C1C(O)=C(C(N)=O)C(=O)[C@@]2(O)C(O)=C3C(=O)c4c(O)ccc(-c5cnccn5)c4C[C@H]3C[C@@H]12. The van der Waals surface area contributed by atoms with Crippen molar-refractivity contribution in [3.8, 4) is 17.0 Å². The number of phenolic OH excluding ortho intramolecular Hbond substituents is 1. The number of nitrogens with zero attached hydrogens (tertiary/aromatic N) is 3. The summed E-state index contributed by atoms with van der Waals surface area (Å²) < 4.78 is 0. The third kappa shape index (κ3) is 3.02. The molecule has 3 aliphatic rings. The molecular formula is C25H24N4O7. The Bertz CT molecular complexity index is 1400. The number of primary amides is 1. The molecule has 11 heteroatoms. The van der Waals surface area contributed by atoms with Crippen LogP contribution in [0.25, 0.3) is 11.3 Å². The second kappa shape index (κ2) is 7.97. The van der Waals surface area contributed by atoms with Crippen LogP contribution < -0.4 is 5.73 Å². The molecule has 5 rings (SSSR count). The average molecular weight is 492 g/mol. The van der Waals surface area contributed by atoms with Crippen molar-refractivity contribution in [3.63, 3.8) is 0 Å². The number of ketones is 2. The van der Waals surface area contributed by atoms with E-state index in [0.717, 1.165) is 0 Å². The van der Waals surface area contributed by atoms with Gasteiger partial charge in [-0.05, 0) is 50.6 Å². The van der Waals surface area contributed by atoms with Crippen molar-refractivity contribution in [2.45, 2.75) is 24.5 Å². The van der Waals surface area contributed by atoms with E-state index in [-0.39, 0.29) is 29.7 Å². The molecule has 0 spiro atoms. The second-order valence-corrected chi connectivity index (χ2v) is 9.54. The van der Waals surface area contributed by atoms with Gasteiger partial charge in [0.05, 0.1) is 23.5 Å². The molecule has 1 heterocycles. The summed E-state index contributed by atoms with van der Waals surface area (Å²) in [7, 11) is 3.16. The van der Waals surface area contributed by atoms with E-state index >= 15 is 0 Å². The number of rotatable bonds is 3. The Labute approximate surface area is 205 Å². The van der Waals surface area contributed by atoms with Gasteiger partial charge >= 0.3 is 0 Å². The number of aromatic hydroxyl groups is 1. The predicted octanol–water partition coefficient (Wildman–Crippen LogP) is 0.578. The lowest BCUT2D eigenvalue weighted by molar-refractivity contribution is -0.148. The number of benzene rings is 1. The summed E-state index contributed by atoms with van der Waals surface area (Å²) in [6, 6.07) is 1.91. The summed E-state index contributed by atoms with van der Waals surface area (Å²) in [6.07, 6.45) is 4.72. The first-order valence-corrected chi connectivity index (χ1v) is 11.3. The Kier molecular flexibility index (Phi) is 5.23.